The number of likely N-dealkylation sites (N-methyl/N-ethyl adjacent to an activating group) is 1. The summed E-state index contributed by atoms with van der Waals surface area (Å²) in [7, 11) is -2.31. The second-order valence-electron chi connectivity index (χ2n) is 11.1. The van der Waals surface area contributed by atoms with Gasteiger partial charge in [-0.1, -0.05) is 36.8 Å². The first kappa shape index (κ1) is 29.9. The molecule has 2 amide bonds. The third-order valence-corrected chi connectivity index (χ3v) is 9.85. The van der Waals surface area contributed by atoms with Gasteiger partial charge < -0.3 is 24.6 Å². The Kier molecular flexibility index (Phi) is 9.44. The number of ether oxygens (including phenoxy) is 1. The molecule has 1 fully saturated rings. The van der Waals surface area contributed by atoms with E-state index in [0.29, 0.717) is 28.6 Å². The van der Waals surface area contributed by atoms with E-state index >= 15 is 0 Å². The molecule has 0 unspecified atom stereocenters. The number of rotatable bonds is 6. The number of nitrogens with one attached hydrogen (secondary N) is 1. The maximum absolute atomic E-state index is 13.7. The van der Waals surface area contributed by atoms with Crippen molar-refractivity contribution in [3.8, 4) is 17.6 Å². The number of hydrogen-bond donors (Lipinski definition) is 2. The second-order valence-corrected chi connectivity index (χ2v) is 12.9. The molecule has 2 aliphatic rings. The van der Waals surface area contributed by atoms with Gasteiger partial charge in [-0.3, -0.25) is 0 Å². The number of anilines is 1. The number of hydrogen-bond acceptors (Lipinski definition) is 7. The SMILES string of the molecule is Cc1noc(C)c1NC(=O)N(C)C[C@H]1Oc2cc(C#CCC3CCCC3)ccc2S(=O)(=O)N([C@H](C)CO)C[C@@H]1C. The Balaban J connectivity index is 1.62. The van der Waals surface area contributed by atoms with Crippen LogP contribution in [0.3, 0.4) is 0 Å². The molecule has 0 bridgehead atoms. The van der Waals surface area contributed by atoms with Gasteiger partial charge >= 0.3 is 6.03 Å². The maximum Gasteiger partial charge on any atom is 0.321 e. The number of carbonyl (C=O) groups excluding carboxylic acids is 1. The standard InChI is InChI=1S/C29H40N4O6S/c1-19-16-33(20(2)18-34)40(36,37)27-14-13-24(12-8-11-23-9-6-7-10-23)15-25(27)38-26(19)17-32(5)29(35)30-28-21(3)31-39-22(28)4/h13-15,19-20,23,26,34H,6-7,9-11,16-18H2,1-5H3,(H,30,35)/t19-,20+,26+/m0/s1. The molecule has 2 heterocycles. The van der Waals surface area contributed by atoms with Gasteiger partial charge in [-0.2, -0.15) is 4.31 Å². The molecule has 0 saturated heterocycles. The second kappa shape index (κ2) is 12.6. The number of carbonyl (C=O) groups is 1. The highest BCUT2D eigenvalue weighted by Gasteiger charge is 2.38. The van der Waals surface area contributed by atoms with Gasteiger partial charge in [0.05, 0.1) is 13.2 Å². The zero-order chi connectivity index (χ0) is 29.0. The van der Waals surface area contributed by atoms with Crippen LogP contribution in [0.15, 0.2) is 27.6 Å². The summed E-state index contributed by atoms with van der Waals surface area (Å²) < 4.78 is 40.3. The van der Waals surface area contributed by atoms with Gasteiger partial charge in [0.1, 0.15) is 28.1 Å². The Bertz CT molecular complexity index is 1350. The lowest BCUT2D eigenvalue weighted by Gasteiger charge is -2.37. The van der Waals surface area contributed by atoms with Gasteiger partial charge in [0.2, 0.25) is 10.0 Å². The highest BCUT2D eigenvalue weighted by Crippen LogP contribution is 2.34. The Morgan fingerprint density at radius 1 is 1.30 bits per heavy atom. The molecular weight excluding hydrogens is 532 g/mol. The van der Waals surface area contributed by atoms with Crippen molar-refractivity contribution in [2.24, 2.45) is 11.8 Å². The van der Waals surface area contributed by atoms with Gasteiger partial charge in [-0.05, 0) is 57.7 Å². The molecule has 40 heavy (non-hydrogen) atoms. The summed E-state index contributed by atoms with van der Waals surface area (Å²) in [5.74, 6) is 7.46. The Labute approximate surface area is 237 Å². The molecule has 11 heteroatoms. The van der Waals surface area contributed by atoms with E-state index in [1.165, 1.54) is 41.0 Å². The van der Waals surface area contributed by atoms with Crippen LogP contribution < -0.4 is 10.1 Å². The van der Waals surface area contributed by atoms with E-state index in [-0.39, 0.29) is 42.3 Å². The predicted molar refractivity (Wildman–Crippen MR) is 152 cm³/mol. The van der Waals surface area contributed by atoms with Crippen LogP contribution in [0.4, 0.5) is 10.5 Å². The van der Waals surface area contributed by atoms with Gasteiger partial charge in [-0.15, -0.1) is 0 Å². The third-order valence-electron chi connectivity index (χ3n) is 7.83. The van der Waals surface area contributed by atoms with Gasteiger partial charge in [0, 0.05) is 37.5 Å². The van der Waals surface area contributed by atoms with Crippen LogP contribution in [0.25, 0.3) is 0 Å². The fourth-order valence-electron chi connectivity index (χ4n) is 5.25. The molecule has 1 saturated carbocycles. The fraction of sp³-hybridized carbons (Fsp3) is 0.586. The average Bonchev–Trinajstić information content (AvgIpc) is 3.55. The number of fused-ring (bicyclic) bond motifs is 1. The minimum absolute atomic E-state index is 0.0221. The Morgan fingerprint density at radius 2 is 2.02 bits per heavy atom. The number of benzene rings is 1. The highest BCUT2D eigenvalue weighted by atomic mass is 32.2. The summed E-state index contributed by atoms with van der Waals surface area (Å²) in [5, 5.41) is 16.6. The van der Waals surface area contributed by atoms with Gasteiger partial charge in [-0.25, -0.2) is 13.2 Å². The number of aliphatic hydroxyl groups is 1. The number of nitrogens with zero attached hydrogens (tertiary/aromatic N) is 3. The first-order chi connectivity index (χ1) is 19.0. The lowest BCUT2D eigenvalue weighted by Crippen LogP contribution is -2.50. The number of aryl methyl sites for hydroxylation is 2. The summed E-state index contributed by atoms with van der Waals surface area (Å²) in [4.78, 5) is 14.5. The highest BCUT2D eigenvalue weighted by molar-refractivity contribution is 7.89. The van der Waals surface area contributed by atoms with Crippen LogP contribution in [0.2, 0.25) is 0 Å². The lowest BCUT2D eigenvalue weighted by atomic mass is 10.0. The number of sulfonamides is 1. The summed E-state index contributed by atoms with van der Waals surface area (Å²) in [6, 6.07) is 3.90. The van der Waals surface area contributed by atoms with Crippen molar-refractivity contribution < 1.29 is 27.6 Å². The normalized spacial score (nSPS) is 21.8. The molecule has 1 aromatic carbocycles. The minimum Gasteiger partial charge on any atom is -0.487 e. The van der Waals surface area contributed by atoms with E-state index in [4.69, 9.17) is 9.26 Å². The molecule has 0 radical (unpaired) electrons. The van der Waals surface area contributed by atoms with Crippen LogP contribution in [0.5, 0.6) is 5.75 Å². The quantitative estimate of drug-likeness (QED) is 0.498. The Hall–Kier alpha value is -3.07. The zero-order valence-electron chi connectivity index (χ0n) is 23.9. The molecule has 1 aliphatic carbocycles. The van der Waals surface area contributed by atoms with E-state index in [9.17, 15) is 18.3 Å². The molecule has 218 valence electrons. The summed E-state index contributed by atoms with van der Waals surface area (Å²) in [5.41, 5.74) is 1.76. The van der Waals surface area contributed by atoms with Crippen molar-refractivity contribution in [3.05, 3.63) is 35.2 Å². The third kappa shape index (κ3) is 6.62. The average molecular weight is 573 g/mol. The van der Waals surface area contributed by atoms with E-state index < -0.39 is 22.2 Å². The maximum atomic E-state index is 13.7. The van der Waals surface area contributed by atoms with Crippen LogP contribution in [0.1, 0.15) is 63.0 Å². The van der Waals surface area contributed by atoms with Crippen molar-refractivity contribution in [3.63, 3.8) is 0 Å². The molecule has 10 nitrogen and oxygen atoms in total. The van der Waals surface area contributed by atoms with E-state index in [0.717, 1.165) is 6.42 Å². The lowest BCUT2D eigenvalue weighted by molar-refractivity contribution is 0.0830. The topological polar surface area (TPSA) is 125 Å². The molecule has 4 rings (SSSR count). The van der Waals surface area contributed by atoms with Crippen molar-refractivity contribution in [2.45, 2.75) is 76.8 Å². The van der Waals surface area contributed by atoms with Crippen molar-refractivity contribution in [2.75, 3.05) is 32.1 Å². The fourth-order valence-corrected chi connectivity index (χ4v) is 7.08. The first-order valence-electron chi connectivity index (χ1n) is 13.9. The van der Waals surface area contributed by atoms with Gasteiger partial charge in [0.25, 0.3) is 0 Å². The molecular formula is C29H40N4O6S. The molecule has 1 aromatic heterocycles. The van der Waals surface area contributed by atoms with Crippen molar-refractivity contribution in [1.29, 1.82) is 0 Å². The Morgan fingerprint density at radius 3 is 2.67 bits per heavy atom. The number of urea groups is 1. The number of aromatic nitrogens is 1. The molecule has 1 aliphatic heterocycles. The zero-order valence-corrected chi connectivity index (χ0v) is 24.8. The number of amides is 2. The van der Waals surface area contributed by atoms with Crippen LogP contribution in [0, 0.1) is 37.5 Å². The predicted octanol–water partition coefficient (Wildman–Crippen LogP) is 4.16. The monoisotopic (exact) mass is 572 g/mol. The minimum atomic E-state index is -3.96. The summed E-state index contributed by atoms with van der Waals surface area (Å²) >= 11 is 0. The molecule has 2 aromatic rings. The van der Waals surface area contributed by atoms with Gasteiger partial charge in [0.15, 0.2) is 5.76 Å². The largest absolute Gasteiger partial charge is 0.487 e. The van der Waals surface area contributed by atoms with E-state index in [2.05, 4.69) is 22.3 Å². The van der Waals surface area contributed by atoms with Crippen molar-refractivity contribution in [1.82, 2.24) is 14.4 Å². The van der Waals surface area contributed by atoms with Crippen LogP contribution in [-0.2, 0) is 10.0 Å². The smallest absolute Gasteiger partial charge is 0.321 e. The number of aliphatic hydroxyl groups excluding tert-OH is 1. The molecule has 2 N–H and O–H groups in total. The first-order valence-corrected chi connectivity index (χ1v) is 15.3. The summed E-state index contributed by atoms with van der Waals surface area (Å²) in [6.07, 6.45) is 5.20. The van der Waals surface area contributed by atoms with E-state index in [1.807, 2.05) is 6.92 Å². The van der Waals surface area contributed by atoms with Crippen molar-refractivity contribution >= 4 is 21.7 Å². The van der Waals surface area contributed by atoms with Crippen LogP contribution >= 0.6 is 0 Å². The van der Waals surface area contributed by atoms with Crippen LogP contribution in [-0.4, -0.2) is 72.8 Å². The molecule has 3 atom stereocenters. The van der Waals surface area contributed by atoms with E-state index in [1.54, 1.807) is 40.0 Å². The molecule has 0 spiro atoms. The summed E-state index contributed by atoms with van der Waals surface area (Å²) in [6.45, 7) is 7.01.